The summed E-state index contributed by atoms with van der Waals surface area (Å²) in [7, 11) is -3.89. The molecule has 6 nitrogen and oxygen atoms in total. The van der Waals surface area contributed by atoms with Gasteiger partial charge in [-0.15, -0.1) is 0 Å². The van der Waals surface area contributed by atoms with E-state index < -0.39 is 28.4 Å². The second-order valence-corrected chi connectivity index (χ2v) is 7.43. The van der Waals surface area contributed by atoms with Crippen molar-refractivity contribution < 1.29 is 26.3 Å². The fourth-order valence-electron chi connectivity index (χ4n) is 2.27. The van der Waals surface area contributed by atoms with E-state index in [0.717, 1.165) is 4.31 Å². The molecule has 0 N–H and O–H groups in total. The highest BCUT2D eigenvalue weighted by molar-refractivity contribution is 7.89. The Balaban J connectivity index is 1.86. The van der Waals surface area contributed by atoms with E-state index >= 15 is 0 Å². The van der Waals surface area contributed by atoms with E-state index in [-0.39, 0.29) is 19.2 Å². The molecule has 1 aliphatic rings. The third-order valence-electron chi connectivity index (χ3n) is 3.48. The van der Waals surface area contributed by atoms with Gasteiger partial charge in [-0.1, -0.05) is 0 Å². The molecule has 0 radical (unpaired) electrons. The Bertz CT molecular complexity index is 629. The molecule has 0 spiro atoms. The summed E-state index contributed by atoms with van der Waals surface area (Å²) in [4.78, 5) is 8.05. The van der Waals surface area contributed by atoms with Crippen LogP contribution < -0.4 is 4.74 Å². The molecule has 0 amide bonds. The minimum Gasteiger partial charge on any atom is -0.474 e. The van der Waals surface area contributed by atoms with Gasteiger partial charge in [0.2, 0.25) is 15.9 Å². The van der Waals surface area contributed by atoms with Crippen molar-refractivity contribution >= 4 is 10.0 Å². The molecular weight excluding hydrogens is 335 g/mol. The van der Waals surface area contributed by atoms with E-state index in [4.69, 9.17) is 4.74 Å². The molecule has 23 heavy (non-hydrogen) atoms. The van der Waals surface area contributed by atoms with Crippen LogP contribution >= 0.6 is 0 Å². The second kappa shape index (κ2) is 7.00. The number of alkyl halides is 3. The largest absolute Gasteiger partial charge is 0.474 e. The molecular formula is C13H18F3N3O3S. The molecule has 0 saturated carbocycles. The number of aryl methyl sites for hydroxylation is 1. The van der Waals surface area contributed by atoms with Crippen LogP contribution in [0.3, 0.4) is 0 Å². The molecule has 1 aromatic heterocycles. The van der Waals surface area contributed by atoms with Crippen molar-refractivity contribution in [1.29, 1.82) is 0 Å². The molecule has 2 heterocycles. The van der Waals surface area contributed by atoms with Crippen LogP contribution in [0.25, 0.3) is 0 Å². The molecule has 1 aromatic rings. The lowest BCUT2D eigenvalue weighted by molar-refractivity contribution is -0.130. The minimum atomic E-state index is -4.47. The third-order valence-corrected chi connectivity index (χ3v) is 5.35. The Morgan fingerprint density at radius 1 is 1.35 bits per heavy atom. The number of rotatable bonds is 5. The predicted octanol–water partition coefficient (Wildman–Crippen LogP) is 1.91. The topological polar surface area (TPSA) is 72.4 Å². The van der Waals surface area contributed by atoms with Crippen molar-refractivity contribution in [2.75, 3.05) is 18.8 Å². The summed E-state index contributed by atoms with van der Waals surface area (Å²) in [5.41, 5.74) is 0. The summed E-state index contributed by atoms with van der Waals surface area (Å²) in [5, 5.41) is 0. The van der Waals surface area contributed by atoms with Gasteiger partial charge in [0.05, 0.1) is 12.2 Å². The van der Waals surface area contributed by atoms with Crippen LogP contribution in [0.4, 0.5) is 13.2 Å². The summed E-state index contributed by atoms with van der Waals surface area (Å²) in [6.07, 6.45) is -3.62. The van der Waals surface area contributed by atoms with Crippen molar-refractivity contribution in [2.45, 2.75) is 38.5 Å². The number of nitrogens with zero attached hydrogens (tertiary/aromatic N) is 3. The van der Waals surface area contributed by atoms with E-state index in [0.29, 0.717) is 24.5 Å². The van der Waals surface area contributed by atoms with Crippen molar-refractivity contribution in [3.8, 4) is 5.88 Å². The summed E-state index contributed by atoms with van der Waals surface area (Å²) >= 11 is 0. The standard InChI is InChI=1S/C13H18F3N3O3S/c1-10-17-6-2-12(18-10)22-11-3-7-19(8-4-11)23(20,21)9-5-13(14,15)16/h2,6,11H,3-5,7-9H2,1H3. The molecule has 130 valence electrons. The van der Waals surface area contributed by atoms with E-state index in [1.165, 1.54) is 0 Å². The molecule has 0 aromatic carbocycles. The molecule has 2 rings (SSSR count). The van der Waals surface area contributed by atoms with E-state index in [2.05, 4.69) is 9.97 Å². The smallest absolute Gasteiger partial charge is 0.390 e. The number of halogens is 3. The Morgan fingerprint density at radius 3 is 2.57 bits per heavy atom. The average Bonchev–Trinajstić information content (AvgIpc) is 2.45. The Labute approximate surface area is 132 Å². The van der Waals surface area contributed by atoms with Gasteiger partial charge in [-0.3, -0.25) is 0 Å². The average molecular weight is 353 g/mol. The molecule has 1 aliphatic heterocycles. The van der Waals surface area contributed by atoms with Gasteiger partial charge < -0.3 is 4.74 Å². The monoisotopic (exact) mass is 353 g/mol. The van der Waals surface area contributed by atoms with Gasteiger partial charge >= 0.3 is 6.18 Å². The SMILES string of the molecule is Cc1nccc(OC2CCN(S(=O)(=O)CCC(F)(F)F)CC2)n1. The molecule has 0 unspecified atom stereocenters. The molecule has 0 bridgehead atoms. The maximum absolute atomic E-state index is 12.2. The van der Waals surface area contributed by atoms with Crippen LogP contribution in [-0.4, -0.2) is 53.8 Å². The maximum Gasteiger partial charge on any atom is 0.390 e. The van der Waals surface area contributed by atoms with E-state index in [9.17, 15) is 21.6 Å². The zero-order chi connectivity index (χ0) is 17.1. The van der Waals surface area contributed by atoms with Crippen LogP contribution in [0, 0.1) is 6.92 Å². The number of hydrogen-bond acceptors (Lipinski definition) is 5. The van der Waals surface area contributed by atoms with Gasteiger partial charge in [0.1, 0.15) is 11.9 Å². The van der Waals surface area contributed by atoms with Crippen LogP contribution in [0.5, 0.6) is 5.88 Å². The second-order valence-electron chi connectivity index (χ2n) is 5.34. The quantitative estimate of drug-likeness (QED) is 0.809. The number of sulfonamides is 1. The van der Waals surface area contributed by atoms with Gasteiger partial charge in [0.15, 0.2) is 0 Å². The Hall–Kier alpha value is -1.42. The fraction of sp³-hybridized carbons (Fsp3) is 0.692. The summed E-state index contributed by atoms with van der Waals surface area (Å²) in [6.45, 7) is 2.02. The molecule has 1 fully saturated rings. The summed E-state index contributed by atoms with van der Waals surface area (Å²) in [6, 6.07) is 1.61. The summed E-state index contributed by atoms with van der Waals surface area (Å²) in [5.74, 6) is 0.0678. The number of ether oxygens (including phenoxy) is 1. The zero-order valence-corrected chi connectivity index (χ0v) is 13.4. The lowest BCUT2D eigenvalue weighted by Gasteiger charge is -2.31. The molecule has 1 saturated heterocycles. The molecule has 0 atom stereocenters. The van der Waals surface area contributed by atoms with E-state index in [1.807, 2.05) is 0 Å². The van der Waals surface area contributed by atoms with Gasteiger partial charge in [0, 0.05) is 25.4 Å². The first-order valence-corrected chi connectivity index (χ1v) is 8.77. The van der Waals surface area contributed by atoms with Crippen molar-refractivity contribution in [3.63, 3.8) is 0 Å². The van der Waals surface area contributed by atoms with Gasteiger partial charge in [-0.25, -0.2) is 17.7 Å². The first-order chi connectivity index (χ1) is 10.7. The normalized spacial score (nSPS) is 18.1. The Morgan fingerprint density at radius 2 is 2.00 bits per heavy atom. The first-order valence-electron chi connectivity index (χ1n) is 7.16. The third kappa shape index (κ3) is 5.61. The molecule has 0 aliphatic carbocycles. The van der Waals surface area contributed by atoms with Crippen molar-refractivity contribution in [1.82, 2.24) is 14.3 Å². The van der Waals surface area contributed by atoms with Crippen LogP contribution in [0.2, 0.25) is 0 Å². The van der Waals surface area contributed by atoms with Crippen LogP contribution in [0.15, 0.2) is 12.3 Å². The van der Waals surface area contributed by atoms with Crippen molar-refractivity contribution in [3.05, 3.63) is 18.1 Å². The number of aromatic nitrogens is 2. The maximum atomic E-state index is 12.2. The minimum absolute atomic E-state index is 0.148. The van der Waals surface area contributed by atoms with Gasteiger partial charge in [0.25, 0.3) is 0 Å². The highest BCUT2D eigenvalue weighted by atomic mass is 32.2. The van der Waals surface area contributed by atoms with Crippen LogP contribution in [-0.2, 0) is 10.0 Å². The highest BCUT2D eigenvalue weighted by Gasteiger charge is 2.34. The number of hydrogen-bond donors (Lipinski definition) is 0. The lowest BCUT2D eigenvalue weighted by atomic mass is 10.1. The zero-order valence-electron chi connectivity index (χ0n) is 12.6. The van der Waals surface area contributed by atoms with E-state index in [1.54, 1.807) is 19.2 Å². The number of piperidine rings is 1. The lowest BCUT2D eigenvalue weighted by Crippen LogP contribution is -2.43. The summed E-state index contributed by atoms with van der Waals surface area (Å²) < 4.78 is 67.1. The molecule has 10 heteroatoms. The fourth-order valence-corrected chi connectivity index (χ4v) is 3.79. The predicted molar refractivity (Wildman–Crippen MR) is 76.5 cm³/mol. The Kier molecular flexibility index (Phi) is 5.45. The highest BCUT2D eigenvalue weighted by Crippen LogP contribution is 2.23. The van der Waals surface area contributed by atoms with Gasteiger partial charge in [-0.05, 0) is 19.8 Å². The van der Waals surface area contributed by atoms with Crippen LogP contribution in [0.1, 0.15) is 25.1 Å². The first kappa shape index (κ1) is 17.9. The van der Waals surface area contributed by atoms with Gasteiger partial charge in [-0.2, -0.15) is 18.2 Å². The van der Waals surface area contributed by atoms with Crippen molar-refractivity contribution in [2.24, 2.45) is 0 Å².